The maximum Gasteiger partial charge on any atom is 0.124 e. The van der Waals surface area contributed by atoms with E-state index in [1.165, 1.54) is 12.0 Å². The summed E-state index contributed by atoms with van der Waals surface area (Å²) in [7, 11) is 0. The summed E-state index contributed by atoms with van der Waals surface area (Å²) in [6, 6.07) is 6.67. The minimum Gasteiger partial charge on any atom is -0.494 e. The Balaban J connectivity index is 2.27. The lowest BCUT2D eigenvalue weighted by Gasteiger charge is -2.29. The fourth-order valence-electron chi connectivity index (χ4n) is 1.63. The van der Waals surface area contributed by atoms with Crippen LogP contribution in [0.2, 0.25) is 0 Å². The van der Waals surface area contributed by atoms with Crippen molar-refractivity contribution in [2.75, 3.05) is 13.2 Å². The van der Waals surface area contributed by atoms with Crippen molar-refractivity contribution in [3.8, 4) is 5.75 Å². The quantitative estimate of drug-likeness (QED) is 0.897. The van der Waals surface area contributed by atoms with Crippen LogP contribution in [0, 0.1) is 0 Å². The van der Waals surface area contributed by atoms with Crippen LogP contribution in [-0.4, -0.2) is 13.2 Å². The van der Waals surface area contributed by atoms with E-state index < -0.39 is 0 Å². The van der Waals surface area contributed by atoms with Crippen molar-refractivity contribution in [3.05, 3.63) is 28.2 Å². The third-order valence-corrected chi connectivity index (χ3v) is 2.96. The summed E-state index contributed by atoms with van der Waals surface area (Å²) in [5, 5.41) is 3.39. The number of benzene rings is 1. The van der Waals surface area contributed by atoms with Gasteiger partial charge in [0, 0.05) is 16.1 Å². The second-order valence-electron chi connectivity index (χ2n) is 3.41. The molecule has 1 atom stereocenters. The monoisotopic (exact) mass is 255 g/mol. The van der Waals surface area contributed by atoms with Crippen molar-refractivity contribution < 1.29 is 4.74 Å². The first-order chi connectivity index (χ1) is 6.81. The molecule has 76 valence electrons. The summed E-state index contributed by atoms with van der Waals surface area (Å²) in [4.78, 5) is 0. The van der Waals surface area contributed by atoms with Crippen LogP contribution in [0.3, 0.4) is 0 Å². The van der Waals surface area contributed by atoms with Gasteiger partial charge in [-0.05, 0) is 38.1 Å². The zero-order valence-electron chi connectivity index (χ0n) is 8.22. The Bertz CT molecular complexity index is 323. The molecule has 2 rings (SSSR count). The van der Waals surface area contributed by atoms with E-state index in [2.05, 4.69) is 27.3 Å². The first-order valence-electron chi connectivity index (χ1n) is 4.97. The smallest absolute Gasteiger partial charge is 0.124 e. The van der Waals surface area contributed by atoms with Crippen LogP contribution in [0.5, 0.6) is 5.75 Å². The molecule has 0 bridgehead atoms. The van der Waals surface area contributed by atoms with E-state index >= 15 is 0 Å². The van der Waals surface area contributed by atoms with Crippen molar-refractivity contribution in [3.63, 3.8) is 0 Å². The number of halogens is 1. The fourth-order valence-corrected chi connectivity index (χ4v) is 2.01. The molecule has 1 heterocycles. The van der Waals surface area contributed by atoms with Crippen LogP contribution in [0.4, 0.5) is 0 Å². The predicted octanol–water partition coefficient (Wildman–Crippen LogP) is 2.88. The van der Waals surface area contributed by atoms with Crippen LogP contribution in [0.25, 0.3) is 0 Å². The van der Waals surface area contributed by atoms with Gasteiger partial charge in [-0.25, -0.2) is 0 Å². The highest BCUT2D eigenvalue weighted by Gasteiger charge is 2.22. The van der Waals surface area contributed by atoms with Gasteiger partial charge in [-0.3, -0.25) is 0 Å². The van der Waals surface area contributed by atoms with Gasteiger partial charge in [0.05, 0.1) is 6.61 Å². The Hall–Kier alpha value is -0.540. The van der Waals surface area contributed by atoms with Gasteiger partial charge in [0.25, 0.3) is 0 Å². The molecule has 1 aromatic carbocycles. The Morgan fingerprint density at radius 1 is 1.57 bits per heavy atom. The average Bonchev–Trinajstić information content (AvgIpc) is 2.07. The van der Waals surface area contributed by atoms with Gasteiger partial charge < -0.3 is 10.1 Å². The van der Waals surface area contributed by atoms with Crippen molar-refractivity contribution >= 4 is 15.9 Å². The normalized spacial score (nSPS) is 20.3. The molecule has 3 heteroatoms. The molecule has 0 saturated carbocycles. The number of hydrogen-bond acceptors (Lipinski definition) is 2. The van der Waals surface area contributed by atoms with Crippen molar-refractivity contribution in [2.45, 2.75) is 19.4 Å². The van der Waals surface area contributed by atoms with Crippen LogP contribution in [0.1, 0.15) is 24.9 Å². The van der Waals surface area contributed by atoms with E-state index in [-0.39, 0.29) is 0 Å². The summed E-state index contributed by atoms with van der Waals surface area (Å²) in [6.07, 6.45) is 1.20. The van der Waals surface area contributed by atoms with E-state index in [0.717, 1.165) is 23.4 Å². The molecule has 2 nitrogen and oxygen atoms in total. The summed E-state index contributed by atoms with van der Waals surface area (Å²) < 4.78 is 6.70. The third kappa shape index (κ3) is 1.93. The van der Waals surface area contributed by atoms with Gasteiger partial charge in [0.15, 0.2) is 0 Å². The second-order valence-corrected chi connectivity index (χ2v) is 4.33. The zero-order valence-corrected chi connectivity index (χ0v) is 9.80. The fraction of sp³-hybridized carbons (Fsp3) is 0.455. The molecule has 0 aromatic heterocycles. The van der Waals surface area contributed by atoms with Gasteiger partial charge in [-0.1, -0.05) is 15.9 Å². The molecule has 1 saturated heterocycles. The molecule has 1 aliphatic heterocycles. The topological polar surface area (TPSA) is 21.3 Å². The van der Waals surface area contributed by atoms with E-state index in [4.69, 9.17) is 4.74 Å². The van der Waals surface area contributed by atoms with Gasteiger partial charge in [-0.15, -0.1) is 0 Å². The molecular weight excluding hydrogens is 242 g/mol. The van der Waals surface area contributed by atoms with Crippen LogP contribution >= 0.6 is 15.9 Å². The van der Waals surface area contributed by atoms with Crippen molar-refractivity contribution in [1.82, 2.24) is 5.32 Å². The Morgan fingerprint density at radius 3 is 2.93 bits per heavy atom. The number of hydrogen-bond donors (Lipinski definition) is 1. The molecule has 14 heavy (non-hydrogen) atoms. The van der Waals surface area contributed by atoms with E-state index in [1.54, 1.807) is 0 Å². The lowest BCUT2D eigenvalue weighted by atomic mass is 9.97. The molecular formula is C11H14BrNO. The van der Waals surface area contributed by atoms with Crippen LogP contribution in [0.15, 0.2) is 22.7 Å². The molecule has 0 amide bonds. The van der Waals surface area contributed by atoms with E-state index in [1.807, 2.05) is 19.1 Å². The standard InChI is InChI=1S/C11H14BrNO/c1-2-14-11-4-3-8(12)7-9(11)10-5-6-13-10/h3-4,7,10,13H,2,5-6H2,1H3. The first kappa shape index (κ1) is 9.99. The molecule has 1 unspecified atom stereocenters. The lowest BCUT2D eigenvalue weighted by Crippen LogP contribution is -2.35. The van der Waals surface area contributed by atoms with E-state index in [9.17, 15) is 0 Å². The molecule has 1 aromatic rings. The van der Waals surface area contributed by atoms with Crippen molar-refractivity contribution in [1.29, 1.82) is 0 Å². The maximum atomic E-state index is 5.59. The highest BCUT2D eigenvalue weighted by atomic mass is 79.9. The van der Waals surface area contributed by atoms with Crippen LogP contribution < -0.4 is 10.1 Å². The van der Waals surface area contributed by atoms with E-state index in [0.29, 0.717) is 6.04 Å². The highest BCUT2D eigenvalue weighted by Crippen LogP contribution is 2.33. The summed E-state index contributed by atoms with van der Waals surface area (Å²) >= 11 is 3.49. The number of rotatable bonds is 3. The minimum absolute atomic E-state index is 0.481. The Labute approximate surface area is 92.8 Å². The number of nitrogens with one attached hydrogen (secondary N) is 1. The highest BCUT2D eigenvalue weighted by molar-refractivity contribution is 9.10. The molecule has 1 N–H and O–H groups in total. The molecule has 1 aliphatic rings. The first-order valence-corrected chi connectivity index (χ1v) is 5.76. The molecule has 0 aliphatic carbocycles. The van der Waals surface area contributed by atoms with Crippen LogP contribution in [-0.2, 0) is 0 Å². The maximum absolute atomic E-state index is 5.59. The summed E-state index contributed by atoms with van der Waals surface area (Å²) in [5.74, 6) is 1.01. The van der Waals surface area contributed by atoms with Gasteiger partial charge in [0.2, 0.25) is 0 Å². The zero-order chi connectivity index (χ0) is 9.97. The summed E-state index contributed by atoms with van der Waals surface area (Å²) in [5.41, 5.74) is 1.27. The Kier molecular flexibility index (Phi) is 3.08. The lowest BCUT2D eigenvalue weighted by molar-refractivity contribution is 0.316. The molecule has 0 radical (unpaired) electrons. The largest absolute Gasteiger partial charge is 0.494 e. The van der Waals surface area contributed by atoms with Gasteiger partial charge in [-0.2, -0.15) is 0 Å². The third-order valence-electron chi connectivity index (χ3n) is 2.47. The average molecular weight is 256 g/mol. The molecule has 0 spiro atoms. The Morgan fingerprint density at radius 2 is 2.36 bits per heavy atom. The van der Waals surface area contributed by atoms with Gasteiger partial charge >= 0.3 is 0 Å². The number of ether oxygens (including phenoxy) is 1. The second kappa shape index (κ2) is 4.32. The SMILES string of the molecule is CCOc1ccc(Br)cc1C1CCN1. The molecule has 1 fully saturated rings. The predicted molar refractivity (Wildman–Crippen MR) is 60.7 cm³/mol. The summed E-state index contributed by atoms with van der Waals surface area (Å²) in [6.45, 7) is 3.85. The van der Waals surface area contributed by atoms with Crippen molar-refractivity contribution in [2.24, 2.45) is 0 Å². The van der Waals surface area contributed by atoms with Gasteiger partial charge in [0.1, 0.15) is 5.75 Å². The minimum atomic E-state index is 0.481.